The monoisotopic (exact) mass is 646 g/mol. The molecule has 0 radical (unpaired) electrons. The van der Waals surface area contributed by atoms with Crippen LogP contribution in [0.25, 0.3) is 11.3 Å². The molecule has 43 heavy (non-hydrogen) atoms. The first kappa shape index (κ1) is 33.3. The molecular formula is C31H44ClFN4O4Si2. The summed E-state index contributed by atoms with van der Waals surface area (Å²) in [5, 5.41) is 5.00. The molecule has 8 nitrogen and oxygen atoms in total. The van der Waals surface area contributed by atoms with E-state index in [9.17, 15) is 9.18 Å². The summed E-state index contributed by atoms with van der Waals surface area (Å²) < 4.78 is 34.7. The fourth-order valence-electron chi connectivity index (χ4n) is 4.48. The van der Waals surface area contributed by atoms with Crippen LogP contribution < -0.4 is 4.90 Å². The molecule has 0 N–H and O–H groups in total. The predicted octanol–water partition coefficient (Wildman–Crippen LogP) is 8.66. The van der Waals surface area contributed by atoms with E-state index in [1.165, 1.54) is 12.1 Å². The third-order valence-corrected chi connectivity index (χ3v) is 14.7. The Morgan fingerprint density at radius 2 is 1.81 bits per heavy atom. The number of halogens is 2. The summed E-state index contributed by atoms with van der Waals surface area (Å²) in [5.41, 5.74) is 2.93. The number of hydrogen-bond donors (Lipinski definition) is 0. The fourth-order valence-corrected chi connectivity index (χ4v) is 6.29. The van der Waals surface area contributed by atoms with Crippen LogP contribution >= 0.6 is 11.6 Å². The minimum atomic E-state index is -2.17. The average molecular weight is 647 g/mol. The number of cyclic esters (lactones) is 1. The van der Waals surface area contributed by atoms with E-state index in [1.807, 2.05) is 12.1 Å². The number of hydrogen-bond acceptors (Lipinski definition) is 6. The quantitative estimate of drug-likeness (QED) is 0.153. The van der Waals surface area contributed by atoms with Gasteiger partial charge in [0.2, 0.25) is 0 Å². The van der Waals surface area contributed by atoms with Crippen molar-refractivity contribution >= 4 is 39.9 Å². The minimum Gasteiger partial charge on any atom is -0.441 e. The van der Waals surface area contributed by atoms with E-state index in [2.05, 4.69) is 58.5 Å². The molecule has 0 spiro atoms. The van der Waals surface area contributed by atoms with Gasteiger partial charge >= 0.3 is 6.09 Å². The highest BCUT2D eigenvalue weighted by Gasteiger charge is 2.39. The van der Waals surface area contributed by atoms with Crippen LogP contribution in [-0.4, -0.2) is 50.4 Å². The Morgan fingerprint density at radius 3 is 2.42 bits per heavy atom. The summed E-state index contributed by atoms with van der Waals surface area (Å²) >= 11 is 5.88. The summed E-state index contributed by atoms with van der Waals surface area (Å²) in [6.07, 6.45) is 2.78. The van der Waals surface area contributed by atoms with E-state index in [0.717, 1.165) is 17.2 Å². The molecule has 1 aliphatic rings. The van der Waals surface area contributed by atoms with Gasteiger partial charge in [0.05, 0.1) is 11.6 Å². The summed E-state index contributed by atoms with van der Waals surface area (Å²) in [6, 6.07) is 9.31. The van der Waals surface area contributed by atoms with Crippen molar-refractivity contribution in [2.75, 3.05) is 18.1 Å². The Morgan fingerprint density at radius 1 is 1.12 bits per heavy atom. The average Bonchev–Trinajstić information content (AvgIpc) is 3.29. The SMILES string of the molecule is CC(C)(C)[Si](C)(C)OCc1c(-c2ccncc2)nn(COCC[Si](C)(C)C)c1N1CCC(c2ccc(Cl)c(F)c2)OC1=O. The van der Waals surface area contributed by atoms with Gasteiger partial charge in [-0.05, 0) is 54.0 Å². The molecule has 0 aliphatic carbocycles. The van der Waals surface area contributed by atoms with Crippen LogP contribution in [0.4, 0.5) is 15.0 Å². The molecule has 3 aromatic rings. The lowest BCUT2D eigenvalue weighted by atomic mass is 10.0. The molecule has 1 fully saturated rings. The van der Waals surface area contributed by atoms with Crippen LogP contribution in [0, 0.1) is 5.82 Å². The summed E-state index contributed by atoms with van der Waals surface area (Å²) in [7, 11) is -3.47. The highest BCUT2D eigenvalue weighted by Crippen LogP contribution is 2.40. The highest BCUT2D eigenvalue weighted by atomic mass is 35.5. The van der Waals surface area contributed by atoms with Gasteiger partial charge in [-0.1, -0.05) is 58.1 Å². The number of carbonyl (C=O) groups excluding carboxylic acids is 1. The van der Waals surface area contributed by atoms with Crippen molar-refractivity contribution in [2.24, 2.45) is 0 Å². The molecule has 12 heteroatoms. The number of rotatable bonds is 11. The van der Waals surface area contributed by atoms with Crippen LogP contribution in [0.15, 0.2) is 42.7 Å². The number of anilines is 1. The van der Waals surface area contributed by atoms with Crippen molar-refractivity contribution in [3.05, 3.63) is 64.7 Å². The van der Waals surface area contributed by atoms with Gasteiger partial charge in [0.25, 0.3) is 0 Å². The summed E-state index contributed by atoms with van der Waals surface area (Å²) in [6.45, 7) is 19.3. The zero-order valence-electron chi connectivity index (χ0n) is 26.5. The molecule has 234 valence electrons. The molecule has 1 atom stereocenters. The first-order valence-corrected chi connectivity index (χ1v) is 21.7. The molecule has 1 unspecified atom stereocenters. The Kier molecular flexibility index (Phi) is 10.2. The Labute approximate surface area is 261 Å². The number of amides is 1. The van der Waals surface area contributed by atoms with Gasteiger partial charge in [0.15, 0.2) is 8.32 Å². The van der Waals surface area contributed by atoms with Crippen LogP contribution in [0.5, 0.6) is 0 Å². The summed E-state index contributed by atoms with van der Waals surface area (Å²) in [5.74, 6) is 0.0440. The molecule has 1 aromatic carbocycles. The minimum absolute atomic E-state index is 0.00886. The molecule has 1 saturated heterocycles. The molecule has 0 bridgehead atoms. The maximum atomic E-state index is 14.2. The van der Waals surface area contributed by atoms with E-state index in [-0.39, 0.29) is 23.4 Å². The van der Waals surface area contributed by atoms with E-state index < -0.39 is 34.4 Å². The van der Waals surface area contributed by atoms with Gasteiger partial charge in [0.1, 0.15) is 30.2 Å². The number of aromatic nitrogens is 3. The molecule has 1 amide bonds. The third-order valence-electron chi connectivity index (χ3n) is 8.22. The number of carbonyl (C=O) groups is 1. The Balaban J connectivity index is 1.73. The van der Waals surface area contributed by atoms with E-state index in [4.69, 9.17) is 30.6 Å². The van der Waals surface area contributed by atoms with Crippen molar-refractivity contribution in [3.8, 4) is 11.3 Å². The second-order valence-electron chi connectivity index (χ2n) is 13.8. The van der Waals surface area contributed by atoms with Gasteiger partial charge < -0.3 is 13.9 Å². The second kappa shape index (κ2) is 13.2. The van der Waals surface area contributed by atoms with Crippen molar-refractivity contribution in [1.82, 2.24) is 14.8 Å². The second-order valence-corrected chi connectivity index (χ2v) is 24.6. The number of ether oxygens (including phenoxy) is 2. The first-order chi connectivity index (χ1) is 20.1. The van der Waals surface area contributed by atoms with E-state index in [0.29, 0.717) is 36.6 Å². The molecule has 2 aromatic heterocycles. The van der Waals surface area contributed by atoms with Crippen LogP contribution in [0.2, 0.25) is 48.8 Å². The molecular weight excluding hydrogens is 603 g/mol. The predicted molar refractivity (Wildman–Crippen MR) is 174 cm³/mol. The smallest absolute Gasteiger partial charge is 0.416 e. The maximum Gasteiger partial charge on any atom is 0.416 e. The standard InChI is InChI=1S/C31H44ClFN4O4Si2/c1-31(2,3)43(7,8)40-20-24-28(22-11-14-34-15-12-22)35-37(21-39-17-18-42(4,5)6)29(24)36-16-13-27(41-30(36)38)23-9-10-25(32)26(33)19-23/h9-12,14-15,19,27H,13,16-18,20-21H2,1-8H3. The lowest BCUT2D eigenvalue weighted by molar-refractivity contribution is 0.0731. The van der Waals surface area contributed by atoms with Gasteiger partial charge in [-0.3, -0.25) is 9.88 Å². The normalized spacial score (nSPS) is 16.5. The maximum absolute atomic E-state index is 14.2. The van der Waals surface area contributed by atoms with Crippen LogP contribution in [-0.2, 0) is 27.2 Å². The number of nitrogens with zero attached hydrogens (tertiary/aromatic N) is 4. The van der Waals surface area contributed by atoms with Crippen molar-refractivity contribution in [2.45, 2.75) is 90.5 Å². The van der Waals surface area contributed by atoms with Crippen LogP contribution in [0.3, 0.4) is 0 Å². The Hall–Kier alpha value is -2.58. The van der Waals surface area contributed by atoms with Gasteiger partial charge in [-0.2, -0.15) is 5.10 Å². The molecule has 4 rings (SSSR count). The van der Waals surface area contributed by atoms with Gasteiger partial charge in [0, 0.05) is 51.2 Å². The lowest BCUT2D eigenvalue weighted by Gasteiger charge is -2.37. The molecule has 3 heterocycles. The lowest BCUT2D eigenvalue weighted by Crippen LogP contribution is -2.42. The van der Waals surface area contributed by atoms with Gasteiger partial charge in [-0.25, -0.2) is 13.9 Å². The van der Waals surface area contributed by atoms with Crippen molar-refractivity contribution in [1.29, 1.82) is 0 Å². The molecule has 0 saturated carbocycles. The zero-order chi connectivity index (χ0) is 31.6. The van der Waals surface area contributed by atoms with Crippen LogP contribution in [0.1, 0.15) is 44.4 Å². The first-order valence-electron chi connectivity index (χ1n) is 14.7. The highest BCUT2D eigenvalue weighted by molar-refractivity contribution is 6.76. The van der Waals surface area contributed by atoms with Crippen molar-refractivity contribution in [3.63, 3.8) is 0 Å². The van der Waals surface area contributed by atoms with Gasteiger partial charge in [-0.15, -0.1) is 0 Å². The molecule has 1 aliphatic heterocycles. The summed E-state index contributed by atoms with van der Waals surface area (Å²) in [4.78, 5) is 19.5. The number of pyridine rings is 1. The van der Waals surface area contributed by atoms with E-state index in [1.54, 1.807) is 28.0 Å². The fraction of sp³-hybridized carbons (Fsp3) is 0.516. The third kappa shape index (κ3) is 8.13. The topological polar surface area (TPSA) is 78.7 Å². The van der Waals surface area contributed by atoms with E-state index >= 15 is 0 Å². The Bertz CT molecular complexity index is 1420. The van der Waals surface area contributed by atoms with Crippen molar-refractivity contribution < 1.29 is 23.1 Å². The largest absolute Gasteiger partial charge is 0.441 e. The zero-order valence-corrected chi connectivity index (χ0v) is 29.3. The number of benzene rings is 1.